The number of rotatable bonds is 4. The fourth-order valence-corrected chi connectivity index (χ4v) is 3.00. The Labute approximate surface area is 117 Å². The lowest BCUT2D eigenvalue weighted by Crippen LogP contribution is -2.31. The Morgan fingerprint density at radius 1 is 1.50 bits per heavy atom. The van der Waals surface area contributed by atoms with Gasteiger partial charge in [0.25, 0.3) is 0 Å². The first-order valence-electron chi connectivity index (χ1n) is 6.34. The molecule has 0 saturated carbocycles. The lowest BCUT2D eigenvalue weighted by molar-refractivity contribution is 0.0398. The van der Waals surface area contributed by atoms with Crippen LogP contribution in [0.1, 0.15) is 24.4 Å². The first kappa shape index (κ1) is 13.8. The van der Waals surface area contributed by atoms with Crippen LogP contribution < -0.4 is 10.1 Å². The van der Waals surface area contributed by atoms with Gasteiger partial charge >= 0.3 is 0 Å². The van der Waals surface area contributed by atoms with E-state index in [1.54, 1.807) is 7.11 Å². The molecule has 0 bridgehead atoms. The van der Waals surface area contributed by atoms with Crippen molar-refractivity contribution in [3.8, 4) is 5.75 Å². The third kappa shape index (κ3) is 3.05. The highest BCUT2D eigenvalue weighted by Crippen LogP contribution is 2.35. The van der Waals surface area contributed by atoms with Gasteiger partial charge in [0.15, 0.2) is 0 Å². The van der Waals surface area contributed by atoms with E-state index in [-0.39, 0.29) is 6.04 Å². The number of benzene rings is 1. The molecule has 1 N–H and O–H groups in total. The van der Waals surface area contributed by atoms with Crippen molar-refractivity contribution in [1.82, 2.24) is 5.32 Å². The Morgan fingerprint density at radius 2 is 2.33 bits per heavy atom. The highest BCUT2D eigenvalue weighted by Gasteiger charge is 2.26. The molecule has 0 aliphatic carbocycles. The summed E-state index contributed by atoms with van der Waals surface area (Å²) < 4.78 is 12.1. The second-order valence-electron chi connectivity index (χ2n) is 4.63. The Kier molecular flexibility index (Phi) is 5.03. The number of nitrogens with one attached hydrogen (secondary N) is 1. The predicted octanol–water partition coefficient (Wildman–Crippen LogP) is 3.14. The van der Waals surface area contributed by atoms with Crippen molar-refractivity contribution in [2.45, 2.75) is 18.9 Å². The molecule has 100 valence electrons. The zero-order chi connectivity index (χ0) is 13.0. The normalized spacial score (nSPS) is 21.6. The number of ether oxygens (including phenoxy) is 2. The van der Waals surface area contributed by atoms with Crippen molar-refractivity contribution >= 4 is 15.9 Å². The molecule has 0 spiro atoms. The fourth-order valence-electron chi connectivity index (χ4n) is 2.62. The van der Waals surface area contributed by atoms with Crippen LogP contribution in [0.3, 0.4) is 0 Å². The highest BCUT2D eigenvalue weighted by atomic mass is 79.9. The average Bonchev–Trinajstić information content (AvgIpc) is 2.41. The van der Waals surface area contributed by atoms with E-state index in [1.807, 2.05) is 19.2 Å². The van der Waals surface area contributed by atoms with E-state index in [2.05, 4.69) is 27.3 Å². The van der Waals surface area contributed by atoms with Gasteiger partial charge in [-0.1, -0.05) is 15.9 Å². The van der Waals surface area contributed by atoms with Crippen molar-refractivity contribution in [2.75, 3.05) is 27.4 Å². The minimum atomic E-state index is 0.276. The summed E-state index contributed by atoms with van der Waals surface area (Å²) >= 11 is 3.53. The van der Waals surface area contributed by atoms with Crippen LogP contribution in [0.4, 0.5) is 0 Å². The molecule has 0 radical (unpaired) electrons. The van der Waals surface area contributed by atoms with Crippen LogP contribution in [0.25, 0.3) is 0 Å². The zero-order valence-corrected chi connectivity index (χ0v) is 12.5. The molecule has 2 atom stereocenters. The first-order chi connectivity index (χ1) is 8.76. The lowest BCUT2D eigenvalue weighted by Gasteiger charge is -2.31. The van der Waals surface area contributed by atoms with E-state index in [1.165, 1.54) is 12.0 Å². The molecular weight excluding hydrogens is 294 g/mol. The van der Waals surface area contributed by atoms with Crippen molar-refractivity contribution in [1.29, 1.82) is 0 Å². The minimum absolute atomic E-state index is 0.276. The average molecular weight is 314 g/mol. The molecule has 2 rings (SSSR count). The van der Waals surface area contributed by atoms with Gasteiger partial charge in [-0.25, -0.2) is 0 Å². The summed E-state index contributed by atoms with van der Waals surface area (Å²) in [5, 5.41) is 3.41. The third-order valence-corrected chi connectivity index (χ3v) is 4.00. The van der Waals surface area contributed by atoms with Crippen LogP contribution in [0.15, 0.2) is 22.7 Å². The van der Waals surface area contributed by atoms with Gasteiger partial charge < -0.3 is 14.8 Å². The van der Waals surface area contributed by atoms with Crippen molar-refractivity contribution in [2.24, 2.45) is 5.92 Å². The summed E-state index contributed by atoms with van der Waals surface area (Å²) in [4.78, 5) is 0. The molecule has 1 fully saturated rings. The third-order valence-electron chi connectivity index (χ3n) is 3.50. The second kappa shape index (κ2) is 6.55. The molecular formula is C14H20BrNO2. The van der Waals surface area contributed by atoms with Crippen LogP contribution in [0, 0.1) is 5.92 Å². The number of methoxy groups -OCH3 is 1. The summed E-state index contributed by atoms with van der Waals surface area (Å²) in [6.45, 7) is 1.71. The van der Waals surface area contributed by atoms with Crippen LogP contribution in [0.5, 0.6) is 5.75 Å². The summed E-state index contributed by atoms with van der Waals surface area (Å²) in [5.74, 6) is 1.44. The molecule has 3 nitrogen and oxygen atoms in total. The smallest absolute Gasteiger partial charge is 0.123 e. The summed E-state index contributed by atoms with van der Waals surface area (Å²) in [5.41, 5.74) is 1.20. The molecule has 18 heavy (non-hydrogen) atoms. The Hall–Kier alpha value is -0.580. The van der Waals surface area contributed by atoms with Gasteiger partial charge in [-0.05, 0) is 38.1 Å². The summed E-state index contributed by atoms with van der Waals surface area (Å²) in [7, 11) is 3.72. The largest absolute Gasteiger partial charge is 0.496 e. The highest BCUT2D eigenvalue weighted by molar-refractivity contribution is 9.10. The maximum atomic E-state index is 5.60. The van der Waals surface area contributed by atoms with Gasteiger partial charge in [0.05, 0.1) is 13.7 Å². The Balaban J connectivity index is 2.27. The van der Waals surface area contributed by atoms with Gasteiger partial charge in [0, 0.05) is 28.6 Å². The van der Waals surface area contributed by atoms with Crippen LogP contribution in [-0.2, 0) is 4.74 Å². The van der Waals surface area contributed by atoms with Crippen LogP contribution in [-0.4, -0.2) is 27.4 Å². The molecule has 2 unspecified atom stereocenters. The molecule has 0 aromatic heterocycles. The topological polar surface area (TPSA) is 30.5 Å². The lowest BCUT2D eigenvalue weighted by atomic mass is 9.88. The minimum Gasteiger partial charge on any atom is -0.496 e. The van der Waals surface area contributed by atoms with E-state index < -0.39 is 0 Å². The first-order valence-corrected chi connectivity index (χ1v) is 7.14. The van der Waals surface area contributed by atoms with E-state index in [4.69, 9.17) is 9.47 Å². The van der Waals surface area contributed by atoms with E-state index in [0.29, 0.717) is 5.92 Å². The zero-order valence-electron chi connectivity index (χ0n) is 10.9. The maximum Gasteiger partial charge on any atom is 0.123 e. The van der Waals surface area contributed by atoms with Crippen molar-refractivity contribution in [3.63, 3.8) is 0 Å². The maximum absolute atomic E-state index is 5.60. The quantitative estimate of drug-likeness (QED) is 0.926. The molecule has 1 aromatic carbocycles. The number of halogens is 1. The summed E-state index contributed by atoms with van der Waals surface area (Å²) in [6.07, 6.45) is 2.33. The molecule has 1 aliphatic heterocycles. The SMILES string of the molecule is CNC(c1cc(Br)ccc1OC)C1CCCOC1. The van der Waals surface area contributed by atoms with Crippen LogP contribution in [0.2, 0.25) is 0 Å². The molecule has 0 amide bonds. The number of hydrogen-bond donors (Lipinski definition) is 1. The molecule has 1 heterocycles. The van der Waals surface area contributed by atoms with E-state index in [0.717, 1.165) is 29.9 Å². The molecule has 1 saturated heterocycles. The van der Waals surface area contributed by atoms with Crippen LogP contribution >= 0.6 is 15.9 Å². The van der Waals surface area contributed by atoms with Gasteiger partial charge in [-0.15, -0.1) is 0 Å². The second-order valence-corrected chi connectivity index (χ2v) is 5.55. The number of hydrogen-bond acceptors (Lipinski definition) is 3. The van der Waals surface area contributed by atoms with E-state index >= 15 is 0 Å². The van der Waals surface area contributed by atoms with Crippen molar-refractivity contribution < 1.29 is 9.47 Å². The van der Waals surface area contributed by atoms with Gasteiger partial charge in [-0.2, -0.15) is 0 Å². The predicted molar refractivity (Wildman–Crippen MR) is 76.0 cm³/mol. The molecule has 4 heteroatoms. The van der Waals surface area contributed by atoms with E-state index in [9.17, 15) is 0 Å². The summed E-state index contributed by atoms with van der Waals surface area (Å²) in [6, 6.07) is 6.42. The standard InChI is InChI=1S/C14H20BrNO2/c1-16-14(10-4-3-7-18-9-10)12-8-11(15)5-6-13(12)17-2/h5-6,8,10,14,16H,3-4,7,9H2,1-2H3. The Morgan fingerprint density at radius 3 is 2.94 bits per heavy atom. The van der Waals surface area contributed by atoms with Crippen molar-refractivity contribution in [3.05, 3.63) is 28.2 Å². The fraction of sp³-hybridized carbons (Fsp3) is 0.571. The monoisotopic (exact) mass is 313 g/mol. The van der Waals surface area contributed by atoms with Gasteiger partial charge in [-0.3, -0.25) is 0 Å². The molecule has 1 aliphatic rings. The Bertz CT molecular complexity index is 391. The molecule has 1 aromatic rings. The van der Waals surface area contributed by atoms with Gasteiger partial charge in [0.2, 0.25) is 0 Å². The van der Waals surface area contributed by atoms with Gasteiger partial charge in [0.1, 0.15) is 5.75 Å².